The van der Waals surface area contributed by atoms with Crippen molar-refractivity contribution in [3.63, 3.8) is 0 Å². The van der Waals surface area contributed by atoms with Gasteiger partial charge in [-0.1, -0.05) is 30.8 Å². The molecule has 0 atom stereocenters. The molecule has 0 saturated carbocycles. The van der Waals surface area contributed by atoms with E-state index in [4.69, 9.17) is 0 Å². The molecule has 1 aromatic carbocycles. The van der Waals surface area contributed by atoms with Crippen LogP contribution in [0.1, 0.15) is 23.9 Å². The minimum Gasteiger partial charge on any atom is -0.301 e. The van der Waals surface area contributed by atoms with Crippen molar-refractivity contribution in [2.45, 2.75) is 32.3 Å². The lowest BCUT2D eigenvalue weighted by molar-refractivity contribution is -0.113. The van der Waals surface area contributed by atoms with Gasteiger partial charge in [-0.3, -0.25) is 9.89 Å². The minimum atomic E-state index is -0.117. The van der Waals surface area contributed by atoms with E-state index in [0.717, 1.165) is 23.5 Å². The Kier molecular flexibility index (Phi) is 5.50. The first-order valence-corrected chi connectivity index (χ1v) is 9.78. The number of hydrogen-bond donors (Lipinski definition) is 2. The molecule has 2 N–H and O–H groups in total. The van der Waals surface area contributed by atoms with Crippen LogP contribution in [0.25, 0.3) is 11.3 Å². The quantitative estimate of drug-likeness (QED) is 0.642. The third kappa shape index (κ3) is 4.46. The number of benzene rings is 1. The summed E-state index contributed by atoms with van der Waals surface area (Å²) < 4.78 is 0. The second kappa shape index (κ2) is 7.79. The van der Waals surface area contributed by atoms with Crippen molar-refractivity contribution >= 4 is 34.1 Å². The summed E-state index contributed by atoms with van der Waals surface area (Å²) in [5.41, 5.74) is 4.41. The molecule has 3 rings (SSSR count). The maximum Gasteiger partial charge on any atom is 0.236 e. The van der Waals surface area contributed by atoms with Crippen LogP contribution >= 0.6 is 23.1 Å². The predicted molar refractivity (Wildman–Crippen MR) is 102 cm³/mol. The summed E-state index contributed by atoms with van der Waals surface area (Å²) in [5.74, 6) is 0.953. The Morgan fingerprint density at radius 2 is 2.12 bits per heavy atom. The van der Waals surface area contributed by atoms with Gasteiger partial charge in [-0.15, -0.1) is 16.4 Å². The molecule has 8 heteroatoms. The number of carbonyl (C=O) groups excluding carboxylic acids is 1. The second-order valence-corrected chi connectivity index (χ2v) is 7.39. The van der Waals surface area contributed by atoms with Gasteiger partial charge in [0.1, 0.15) is 5.82 Å². The number of hydrogen-bond acceptors (Lipinski definition) is 6. The van der Waals surface area contributed by atoms with Gasteiger partial charge in [0.2, 0.25) is 11.1 Å². The highest BCUT2D eigenvalue weighted by Crippen LogP contribution is 2.26. The molecule has 0 radical (unpaired) electrons. The predicted octanol–water partition coefficient (Wildman–Crippen LogP) is 3.84. The molecule has 2 aromatic heterocycles. The van der Waals surface area contributed by atoms with Crippen molar-refractivity contribution in [3.8, 4) is 11.3 Å². The monoisotopic (exact) mass is 373 g/mol. The number of thioether (sulfide) groups is 1. The van der Waals surface area contributed by atoms with Gasteiger partial charge >= 0.3 is 0 Å². The Labute approximate surface area is 154 Å². The lowest BCUT2D eigenvalue weighted by atomic mass is 10.1. The first kappa shape index (κ1) is 17.6. The lowest BCUT2D eigenvalue weighted by Crippen LogP contribution is -2.13. The van der Waals surface area contributed by atoms with Crippen molar-refractivity contribution in [1.29, 1.82) is 0 Å². The number of carbonyl (C=O) groups is 1. The number of nitrogens with zero attached hydrogens (tertiary/aromatic N) is 3. The molecule has 0 fully saturated rings. The molecule has 0 aliphatic rings. The van der Waals surface area contributed by atoms with Gasteiger partial charge < -0.3 is 5.32 Å². The fourth-order valence-electron chi connectivity index (χ4n) is 2.15. The third-order valence-corrected chi connectivity index (χ3v) is 5.34. The zero-order chi connectivity index (χ0) is 17.8. The van der Waals surface area contributed by atoms with E-state index in [9.17, 15) is 4.79 Å². The van der Waals surface area contributed by atoms with E-state index in [1.807, 2.05) is 18.4 Å². The topological polar surface area (TPSA) is 83.6 Å². The van der Waals surface area contributed by atoms with Crippen LogP contribution in [0.2, 0.25) is 0 Å². The summed E-state index contributed by atoms with van der Waals surface area (Å²) in [5, 5.41) is 12.9. The maximum absolute atomic E-state index is 12.1. The first-order valence-electron chi connectivity index (χ1n) is 7.92. The van der Waals surface area contributed by atoms with Crippen LogP contribution in [-0.4, -0.2) is 31.8 Å². The van der Waals surface area contributed by atoms with Crippen LogP contribution in [0.4, 0.5) is 5.13 Å². The summed E-state index contributed by atoms with van der Waals surface area (Å²) in [6, 6.07) is 6.24. The van der Waals surface area contributed by atoms with E-state index in [0.29, 0.717) is 10.3 Å². The highest BCUT2D eigenvalue weighted by molar-refractivity contribution is 7.99. The summed E-state index contributed by atoms with van der Waals surface area (Å²) in [6.07, 6.45) is 0.792. The van der Waals surface area contributed by atoms with Crippen LogP contribution in [-0.2, 0) is 11.2 Å². The van der Waals surface area contributed by atoms with Gasteiger partial charge in [-0.25, -0.2) is 9.97 Å². The molecule has 0 aliphatic carbocycles. The fraction of sp³-hybridized carbons (Fsp3) is 0.294. The van der Waals surface area contributed by atoms with E-state index >= 15 is 0 Å². The van der Waals surface area contributed by atoms with Crippen LogP contribution in [0.15, 0.2) is 28.7 Å². The van der Waals surface area contributed by atoms with Gasteiger partial charge in [0.25, 0.3) is 0 Å². The number of thiazole rings is 1. The summed E-state index contributed by atoms with van der Waals surface area (Å²) >= 11 is 2.72. The Bertz CT molecular complexity index is 887. The van der Waals surface area contributed by atoms with Crippen LogP contribution in [0.3, 0.4) is 0 Å². The van der Waals surface area contributed by atoms with E-state index < -0.39 is 0 Å². The Morgan fingerprint density at radius 1 is 1.28 bits per heavy atom. The summed E-state index contributed by atoms with van der Waals surface area (Å²) in [4.78, 5) is 20.8. The number of rotatable bonds is 6. The largest absolute Gasteiger partial charge is 0.301 e. The molecule has 1 amide bonds. The van der Waals surface area contributed by atoms with E-state index in [-0.39, 0.29) is 11.7 Å². The van der Waals surface area contributed by atoms with Crippen molar-refractivity contribution < 1.29 is 4.79 Å². The summed E-state index contributed by atoms with van der Waals surface area (Å²) in [6.45, 7) is 6.16. The Hall–Kier alpha value is -2.19. The average Bonchev–Trinajstić information content (AvgIpc) is 3.24. The number of aromatic nitrogens is 4. The average molecular weight is 374 g/mol. The molecule has 0 bridgehead atoms. The number of H-pyrrole nitrogens is 1. The molecule has 25 heavy (non-hydrogen) atoms. The molecule has 0 aliphatic heterocycles. The molecule has 3 aromatic rings. The van der Waals surface area contributed by atoms with Gasteiger partial charge in [0.05, 0.1) is 11.4 Å². The molecule has 2 heterocycles. The van der Waals surface area contributed by atoms with Gasteiger partial charge in [-0.05, 0) is 31.0 Å². The van der Waals surface area contributed by atoms with E-state index in [1.54, 1.807) is 0 Å². The Balaban J connectivity index is 1.58. The summed E-state index contributed by atoms with van der Waals surface area (Å²) in [7, 11) is 0. The first-order chi connectivity index (χ1) is 12.0. The minimum absolute atomic E-state index is 0.117. The highest BCUT2D eigenvalue weighted by Gasteiger charge is 2.11. The SMILES string of the molecule is CCc1nc(SCC(=O)Nc2nc(-c3ccc(C)c(C)c3)cs2)n[nH]1. The maximum atomic E-state index is 12.1. The number of nitrogens with one attached hydrogen (secondary N) is 2. The third-order valence-electron chi connectivity index (χ3n) is 3.73. The molecule has 6 nitrogen and oxygen atoms in total. The Morgan fingerprint density at radius 3 is 2.84 bits per heavy atom. The molecule has 130 valence electrons. The molecular weight excluding hydrogens is 354 g/mol. The molecule has 0 unspecified atom stereocenters. The zero-order valence-corrected chi connectivity index (χ0v) is 15.9. The van der Waals surface area contributed by atoms with Crippen LogP contribution in [0.5, 0.6) is 0 Å². The number of aromatic amines is 1. The van der Waals surface area contributed by atoms with Crippen molar-refractivity contribution in [1.82, 2.24) is 20.2 Å². The number of amides is 1. The van der Waals surface area contributed by atoms with Crippen LogP contribution < -0.4 is 5.32 Å². The smallest absolute Gasteiger partial charge is 0.236 e. The number of anilines is 1. The van der Waals surface area contributed by atoms with E-state index in [2.05, 4.69) is 51.5 Å². The lowest BCUT2D eigenvalue weighted by Gasteiger charge is -2.02. The normalized spacial score (nSPS) is 10.8. The fourth-order valence-corrected chi connectivity index (χ4v) is 3.50. The molecule has 0 spiro atoms. The van der Waals surface area contributed by atoms with Crippen molar-refractivity contribution in [2.24, 2.45) is 0 Å². The number of aryl methyl sites for hydroxylation is 3. The molecule has 0 saturated heterocycles. The second-order valence-electron chi connectivity index (χ2n) is 5.59. The zero-order valence-electron chi connectivity index (χ0n) is 14.3. The van der Waals surface area contributed by atoms with E-state index in [1.165, 1.54) is 34.2 Å². The van der Waals surface area contributed by atoms with Crippen LogP contribution in [0, 0.1) is 13.8 Å². The molecular formula is C17H19N5OS2. The van der Waals surface area contributed by atoms with Crippen molar-refractivity contribution in [2.75, 3.05) is 11.1 Å². The van der Waals surface area contributed by atoms with Gasteiger partial charge in [-0.2, -0.15) is 0 Å². The van der Waals surface area contributed by atoms with Gasteiger partial charge in [0.15, 0.2) is 5.13 Å². The van der Waals surface area contributed by atoms with Crippen molar-refractivity contribution in [3.05, 3.63) is 40.5 Å². The standard InChI is InChI=1S/C17H19N5OS2/c1-4-14-19-17(22-21-14)25-9-15(23)20-16-18-13(8-24-16)12-6-5-10(2)11(3)7-12/h5-8H,4,9H2,1-3H3,(H,18,20,23)(H,19,21,22). The van der Waals surface area contributed by atoms with Gasteiger partial charge in [0, 0.05) is 17.4 Å². The highest BCUT2D eigenvalue weighted by atomic mass is 32.2.